The van der Waals surface area contributed by atoms with E-state index in [-0.39, 0.29) is 23.8 Å². The highest BCUT2D eigenvalue weighted by Gasteiger charge is 2.33. The van der Waals surface area contributed by atoms with Gasteiger partial charge in [-0.3, -0.25) is 9.59 Å². The van der Waals surface area contributed by atoms with Gasteiger partial charge in [0.05, 0.1) is 12.0 Å². The Kier molecular flexibility index (Phi) is 6.64. The Morgan fingerprint density at radius 3 is 2.61 bits per heavy atom. The van der Waals surface area contributed by atoms with Crippen molar-refractivity contribution in [1.29, 1.82) is 5.26 Å². The van der Waals surface area contributed by atoms with E-state index in [1.165, 1.54) is 0 Å². The summed E-state index contributed by atoms with van der Waals surface area (Å²) in [4.78, 5) is 26.2. The molecule has 1 aromatic heterocycles. The second kappa shape index (κ2) is 9.78. The molecule has 0 unspecified atom stereocenters. The predicted octanol–water partition coefficient (Wildman–Crippen LogP) is 3.30. The molecule has 4 N–H and O–H groups in total. The number of benzene rings is 2. The summed E-state index contributed by atoms with van der Waals surface area (Å²) in [7, 11) is 1.87. The average molecular weight is 444 g/mol. The molecule has 2 aromatic carbocycles. The monoisotopic (exact) mass is 443 g/mol. The number of hydrogen-bond acceptors (Lipinski definition) is 4. The number of nitrogens with one attached hydrogen (secondary N) is 2. The van der Waals surface area contributed by atoms with Crippen LogP contribution in [0, 0.1) is 17.2 Å². The Labute approximate surface area is 193 Å². The molecule has 3 atom stereocenters. The zero-order chi connectivity index (χ0) is 23.4. The van der Waals surface area contributed by atoms with E-state index < -0.39 is 6.04 Å². The molecule has 7 nitrogen and oxygen atoms in total. The fraction of sp³-hybridized carbons (Fsp3) is 0.346. The van der Waals surface area contributed by atoms with Crippen molar-refractivity contribution in [3.63, 3.8) is 0 Å². The van der Waals surface area contributed by atoms with Gasteiger partial charge in [-0.1, -0.05) is 43.2 Å². The van der Waals surface area contributed by atoms with Crippen molar-refractivity contribution in [3.8, 4) is 6.07 Å². The SMILES string of the molecule is Cn1c(C(=O)N[C@H]2CCCC[C@H]2C(=O)N[C@H](C#N)Cc2ccc(N)cc2)cc2ccccc21. The maximum absolute atomic E-state index is 13.1. The molecule has 4 rings (SSSR count). The van der Waals surface area contributed by atoms with Gasteiger partial charge >= 0.3 is 0 Å². The van der Waals surface area contributed by atoms with Gasteiger partial charge < -0.3 is 20.9 Å². The largest absolute Gasteiger partial charge is 0.399 e. The first-order chi connectivity index (χ1) is 16.0. The second-order valence-corrected chi connectivity index (χ2v) is 8.75. The van der Waals surface area contributed by atoms with Crippen LogP contribution in [0.3, 0.4) is 0 Å². The number of nitrogens with two attached hydrogens (primary N) is 1. The Balaban J connectivity index is 1.44. The summed E-state index contributed by atoms with van der Waals surface area (Å²) < 4.78 is 1.88. The number of carbonyl (C=O) groups excluding carboxylic acids is 2. The number of amides is 2. The van der Waals surface area contributed by atoms with Crippen LogP contribution in [0.25, 0.3) is 10.9 Å². The highest BCUT2D eigenvalue weighted by Crippen LogP contribution is 2.26. The highest BCUT2D eigenvalue weighted by atomic mass is 16.2. The van der Waals surface area contributed by atoms with Crippen LogP contribution in [-0.4, -0.2) is 28.5 Å². The fourth-order valence-corrected chi connectivity index (χ4v) is 4.66. The molecular formula is C26H29N5O2. The van der Waals surface area contributed by atoms with Gasteiger partial charge in [0.25, 0.3) is 5.91 Å². The molecule has 1 aliphatic rings. The first-order valence-corrected chi connectivity index (χ1v) is 11.4. The molecule has 0 radical (unpaired) electrons. The maximum atomic E-state index is 13.1. The van der Waals surface area contributed by atoms with E-state index in [9.17, 15) is 14.9 Å². The first-order valence-electron chi connectivity index (χ1n) is 11.4. The molecule has 33 heavy (non-hydrogen) atoms. The number of rotatable bonds is 6. The lowest BCUT2D eigenvalue weighted by Crippen LogP contribution is -2.50. The molecule has 2 amide bonds. The van der Waals surface area contributed by atoms with Crippen LogP contribution < -0.4 is 16.4 Å². The van der Waals surface area contributed by atoms with Gasteiger partial charge in [-0.15, -0.1) is 0 Å². The number of carbonyl (C=O) groups is 2. The van der Waals surface area contributed by atoms with Gasteiger partial charge in [-0.05, 0) is 42.7 Å². The lowest BCUT2D eigenvalue weighted by atomic mass is 9.83. The van der Waals surface area contributed by atoms with E-state index >= 15 is 0 Å². The molecule has 0 aliphatic heterocycles. The van der Waals surface area contributed by atoms with E-state index in [0.717, 1.165) is 35.7 Å². The molecule has 7 heteroatoms. The summed E-state index contributed by atoms with van der Waals surface area (Å²) in [6, 6.07) is 18.3. The number of nitrogens with zero attached hydrogens (tertiary/aromatic N) is 2. The summed E-state index contributed by atoms with van der Waals surface area (Å²) in [5, 5.41) is 16.6. The van der Waals surface area contributed by atoms with Crippen molar-refractivity contribution in [2.75, 3.05) is 5.73 Å². The Hall–Kier alpha value is -3.79. The molecule has 170 valence electrons. The predicted molar refractivity (Wildman–Crippen MR) is 128 cm³/mol. The molecule has 1 saturated carbocycles. The number of fused-ring (bicyclic) bond motifs is 1. The van der Waals surface area contributed by atoms with Crippen LogP contribution in [0.2, 0.25) is 0 Å². The van der Waals surface area contributed by atoms with E-state index in [0.29, 0.717) is 24.2 Å². The first kappa shape index (κ1) is 22.4. The number of aromatic nitrogens is 1. The lowest BCUT2D eigenvalue weighted by Gasteiger charge is -2.31. The van der Waals surface area contributed by atoms with Gasteiger partial charge in [0.1, 0.15) is 11.7 Å². The van der Waals surface area contributed by atoms with Gasteiger partial charge in [0.2, 0.25) is 5.91 Å². The molecule has 1 heterocycles. The van der Waals surface area contributed by atoms with E-state index in [2.05, 4.69) is 16.7 Å². The van der Waals surface area contributed by atoms with Gasteiger partial charge in [0.15, 0.2) is 0 Å². The number of nitrogen functional groups attached to an aromatic ring is 1. The number of nitriles is 1. The van der Waals surface area contributed by atoms with Crippen LogP contribution in [-0.2, 0) is 18.3 Å². The minimum Gasteiger partial charge on any atom is -0.399 e. The van der Waals surface area contributed by atoms with Crippen LogP contribution in [0.15, 0.2) is 54.6 Å². The van der Waals surface area contributed by atoms with Crippen LogP contribution in [0.4, 0.5) is 5.69 Å². The molecule has 0 spiro atoms. The quantitative estimate of drug-likeness (QED) is 0.507. The Morgan fingerprint density at radius 1 is 1.15 bits per heavy atom. The van der Waals surface area contributed by atoms with Crippen molar-refractivity contribution in [3.05, 3.63) is 65.9 Å². The zero-order valence-corrected chi connectivity index (χ0v) is 18.8. The van der Waals surface area contributed by atoms with Crippen molar-refractivity contribution < 1.29 is 9.59 Å². The molecule has 3 aromatic rings. The van der Waals surface area contributed by atoms with Gasteiger partial charge in [-0.25, -0.2) is 0 Å². The number of anilines is 1. The fourth-order valence-electron chi connectivity index (χ4n) is 4.66. The van der Waals surface area contributed by atoms with Crippen molar-refractivity contribution >= 4 is 28.4 Å². The molecule has 1 aliphatic carbocycles. The zero-order valence-electron chi connectivity index (χ0n) is 18.8. The van der Waals surface area contributed by atoms with Gasteiger partial charge in [0, 0.05) is 36.1 Å². The third-order valence-electron chi connectivity index (χ3n) is 6.50. The van der Waals surface area contributed by atoms with E-state index in [1.807, 2.05) is 54.1 Å². The standard InChI is InChI=1S/C26H29N5O2/c1-31-23-9-5-2-6-18(23)15-24(31)26(33)30-22-8-4-3-7-21(22)25(32)29-20(16-27)14-17-10-12-19(28)13-11-17/h2,5-6,9-13,15,20-22H,3-4,7-8,14,28H2,1H3,(H,29,32)(H,30,33)/t20-,21+,22-/m0/s1. The average Bonchev–Trinajstić information content (AvgIpc) is 3.17. The van der Waals surface area contributed by atoms with Crippen molar-refractivity contribution in [2.24, 2.45) is 13.0 Å². The van der Waals surface area contributed by atoms with Crippen molar-refractivity contribution in [2.45, 2.75) is 44.2 Å². The smallest absolute Gasteiger partial charge is 0.268 e. The van der Waals surface area contributed by atoms with Crippen LogP contribution in [0.1, 0.15) is 41.7 Å². The summed E-state index contributed by atoms with van der Waals surface area (Å²) >= 11 is 0. The van der Waals surface area contributed by atoms with E-state index in [1.54, 1.807) is 12.1 Å². The van der Waals surface area contributed by atoms with Crippen LogP contribution in [0.5, 0.6) is 0 Å². The number of para-hydroxylation sites is 1. The Bertz CT molecular complexity index is 1190. The topological polar surface area (TPSA) is 113 Å². The second-order valence-electron chi connectivity index (χ2n) is 8.75. The third-order valence-corrected chi connectivity index (χ3v) is 6.50. The van der Waals surface area contributed by atoms with Crippen LogP contribution >= 0.6 is 0 Å². The lowest BCUT2D eigenvalue weighted by molar-refractivity contribution is -0.127. The van der Waals surface area contributed by atoms with E-state index in [4.69, 9.17) is 5.73 Å². The molecule has 0 bridgehead atoms. The minimum absolute atomic E-state index is 0.181. The summed E-state index contributed by atoms with van der Waals surface area (Å²) in [5.74, 6) is -0.726. The minimum atomic E-state index is -0.641. The Morgan fingerprint density at radius 2 is 1.88 bits per heavy atom. The molecule has 1 fully saturated rings. The van der Waals surface area contributed by atoms with Crippen molar-refractivity contribution in [1.82, 2.24) is 15.2 Å². The summed E-state index contributed by atoms with van der Waals surface area (Å²) in [5.41, 5.74) is 8.87. The normalized spacial score (nSPS) is 18.9. The molecular weight excluding hydrogens is 414 g/mol. The summed E-state index contributed by atoms with van der Waals surface area (Å²) in [6.45, 7) is 0. The number of aryl methyl sites for hydroxylation is 1. The number of hydrogen-bond donors (Lipinski definition) is 3. The highest BCUT2D eigenvalue weighted by molar-refractivity contribution is 5.99. The summed E-state index contributed by atoms with van der Waals surface area (Å²) in [6.07, 6.45) is 3.71. The third kappa shape index (κ3) is 5.01. The van der Waals surface area contributed by atoms with Gasteiger partial charge in [-0.2, -0.15) is 5.26 Å². The molecule has 0 saturated heterocycles. The maximum Gasteiger partial charge on any atom is 0.268 e.